The lowest BCUT2D eigenvalue weighted by molar-refractivity contribution is -0.114. The van der Waals surface area contributed by atoms with Crippen molar-refractivity contribution in [1.29, 1.82) is 0 Å². The lowest BCUT2D eigenvalue weighted by Gasteiger charge is -2.09. The Morgan fingerprint density at radius 3 is 2.68 bits per heavy atom. The molecule has 3 rings (SSSR count). The number of likely N-dealkylation sites (N-methyl/N-ethyl adjacent to an activating group) is 1. The van der Waals surface area contributed by atoms with Crippen LogP contribution in [0.5, 0.6) is 0 Å². The monoisotopic (exact) mass is 417 g/mol. The van der Waals surface area contributed by atoms with E-state index in [4.69, 9.17) is 9.68 Å². The van der Waals surface area contributed by atoms with Gasteiger partial charge in [-0.3, -0.25) is 4.79 Å². The highest BCUT2D eigenvalue weighted by molar-refractivity contribution is 6.45. The summed E-state index contributed by atoms with van der Waals surface area (Å²) in [6.45, 7) is 4.09. The molecule has 1 saturated carbocycles. The van der Waals surface area contributed by atoms with Crippen LogP contribution in [0.4, 0.5) is 0 Å². The molecule has 1 N–H and O–H groups in total. The third kappa shape index (κ3) is 5.95. The molecule has 2 aromatic carbocycles. The summed E-state index contributed by atoms with van der Waals surface area (Å²) in [5, 5.41) is 10.5. The molecule has 0 spiro atoms. The van der Waals surface area contributed by atoms with Gasteiger partial charge in [-0.25, -0.2) is 0 Å². The molecular formula is C25H27N3O3. The molecule has 2 aromatic rings. The highest BCUT2D eigenvalue weighted by Crippen LogP contribution is 2.41. The predicted molar refractivity (Wildman–Crippen MR) is 122 cm³/mol. The van der Waals surface area contributed by atoms with Gasteiger partial charge in [0.05, 0.1) is 0 Å². The van der Waals surface area contributed by atoms with E-state index in [0.717, 1.165) is 11.1 Å². The third-order valence-corrected chi connectivity index (χ3v) is 4.92. The quantitative estimate of drug-likeness (QED) is 0.422. The lowest BCUT2D eigenvalue weighted by Crippen LogP contribution is -2.29. The standard InChI is InChI=1S/C25H27N3O3/c1-17-9-11-19(23(15-17)20-13-14-20)12-10-18(2)27-31-16-21-7-5-6-8-22(21)24(28-30-4)25(29)26-3/h5-9,11,15,20H,13-14,16H2,1-4H3,(H,26,29)/b27-18+,28-24+. The van der Waals surface area contributed by atoms with E-state index >= 15 is 0 Å². The second-order valence-electron chi connectivity index (χ2n) is 7.42. The molecule has 0 heterocycles. The molecule has 0 atom stereocenters. The van der Waals surface area contributed by atoms with Crippen molar-refractivity contribution in [3.8, 4) is 11.8 Å². The maximum absolute atomic E-state index is 12.1. The molecule has 0 unspecified atom stereocenters. The van der Waals surface area contributed by atoms with E-state index in [1.807, 2.05) is 25.1 Å². The van der Waals surface area contributed by atoms with E-state index < -0.39 is 0 Å². The van der Waals surface area contributed by atoms with Gasteiger partial charge in [-0.1, -0.05) is 58.2 Å². The van der Waals surface area contributed by atoms with Crippen LogP contribution >= 0.6 is 0 Å². The van der Waals surface area contributed by atoms with Crippen molar-refractivity contribution in [3.63, 3.8) is 0 Å². The summed E-state index contributed by atoms with van der Waals surface area (Å²) in [4.78, 5) is 22.5. The Bertz CT molecular complexity index is 1070. The van der Waals surface area contributed by atoms with E-state index in [0.29, 0.717) is 17.2 Å². The molecule has 0 aromatic heterocycles. The number of hydrogen-bond donors (Lipinski definition) is 1. The van der Waals surface area contributed by atoms with Gasteiger partial charge in [0, 0.05) is 23.7 Å². The maximum atomic E-state index is 12.1. The molecule has 6 nitrogen and oxygen atoms in total. The normalized spacial score (nSPS) is 13.8. The molecule has 1 aliphatic carbocycles. The molecule has 1 fully saturated rings. The van der Waals surface area contributed by atoms with E-state index in [2.05, 4.69) is 52.6 Å². The minimum Gasteiger partial charge on any atom is -0.398 e. The van der Waals surface area contributed by atoms with Gasteiger partial charge in [-0.2, -0.15) is 0 Å². The average molecular weight is 418 g/mol. The SMILES string of the molecule is CNC(=O)/C(=N/OC)c1ccccc1CO/N=C(\C)C#Cc1ccc(C)cc1C1CC1. The summed E-state index contributed by atoms with van der Waals surface area (Å²) in [5.41, 5.74) is 5.78. The van der Waals surface area contributed by atoms with E-state index in [1.54, 1.807) is 13.1 Å². The smallest absolute Gasteiger partial charge is 0.273 e. The fourth-order valence-corrected chi connectivity index (χ4v) is 3.21. The van der Waals surface area contributed by atoms with Crippen molar-refractivity contribution in [2.24, 2.45) is 10.3 Å². The van der Waals surface area contributed by atoms with Crippen LogP contribution in [0.1, 0.15) is 53.5 Å². The number of aryl methyl sites for hydroxylation is 1. The second-order valence-corrected chi connectivity index (χ2v) is 7.42. The average Bonchev–Trinajstić information content (AvgIpc) is 3.62. The first kappa shape index (κ1) is 22.1. The largest absolute Gasteiger partial charge is 0.398 e. The zero-order valence-corrected chi connectivity index (χ0v) is 18.4. The van der Waals surface area contributed by atoms with Crippen molar-refractivity contribution in [2.45, 2.75) is 39.2 Å². The Morgan fingerprint density at radius 2 is 1.97 bits per heavy atom. The number of carbonyl (C=O) groups excluding carboxylic acids is 1. The molecule has 0 radical (unpaired) electrons. The third-order valence-electron chi connectivity index (χ3n) is 4.92. The van der Waals surface area contributed by atoms with Gasteiger partial charge in [0.2, 0.25) is 0 Å². The number of benzene rings is 2. The van der Waals surface area contributed by atoms with Crippen LogP contribution < -0.4 is 5.32 Å². The first-order valence-electron chi connectivity index (χ1n) is 10.2. The number of amides is 1. The summed E-state index contributed by atoms with van der Waals surface area (Å²) in [6, 6.07) is 13.7. The van der Waals surface area contributed by atoms with Gasteiger partial charge in [-0.05, 0) is 50.2 Å². The van der Waals surface area contributed by atoms with Crippen molar-refractivity contribution in [2.75, 3.05) is 14.2 Å². The van der Waals surface area contributed by atoms with Crippen molar-refractivity contribution < 1.29 is 14.5 Å². The molecule has 1 amide bonds. The van der Waals surface area contributed by atoms with Crippen LogP contribution in [-0.2, 0) is 21.1 Å². The van der Waals surface area contributed by atoms with E-state index in [9.17, 15) is 4.79 Å². The first-order chi connectivity index (χ1) is 15.0. The van der Waals surface area contributed by atoms with Gasteiger partial charge in [0.25, 0.3) is 5.91 Å². The Balaban J connectivity index is 1.72. The van der Waals surface area contributed by atoms with Crippen molar-refractivity contribution in [1.82, 2.24) is 5.32 Å². The van der Waals surface area contributed by atoms with Crippen LogP contribution in [0.2, 0.25) is 0 Å². The Labute approximate surface area is 183 Å². The van der Waals surface area contributed by atoms with Crippen molar-refractivity contribution >= 4 is 17.3 Å². The number of rotatable bonds is 7. The molecule has 0 saturated heterocycles. The molecule has 6 heteroatoms. The molecule has 1 aliphatic rings. The Morgan fingerprint density at radius 1 is 1.19 bits per heavy atom. The summed E-state index contributed by atoms with van der Waals surface area (Å²) in [6.07, 6.45) is 2.47. The zero-order chi connectivity index (χ0) is 22.2. The highest BCUT2D eigenvalue weighted by Gasteiger charge is 2.25. The van der Waals surface area contributed by atoms with Crippen LogP contribution in [-0.4, -0.2) is 31.5 Å². The summed E-state index contributed by atoms with van der Waals surface area (Å²) >= 11 is 0. The van der Waals surface area contributed by atoms with Gasteiger partial charge in [0.1, 0.15) is 19.4 Å². The van der Waals surface area contributed by atoms with Crippen LogP contribution in [0.15, 0.2) is 52.8 Å². The van der Waals surface area contributed by atoms with Gasteiger partial charge >= 0.3 is 0 Å². The topological polar surface area (TPSA) is 72.3 Å². The van der Waals surface area contributed by atoms with E-state index in [-0.39, 0.29) is 18.2 Å². The highest BCUT2D eigenvalue weighted by atomic mass is 16.6. The Hall–Kier alpha value is -3.59. The zero-order valence-electron chi connectivity index (χ0n) is 18.4. The number of nitrogens with one attached hydrogen (secondary N) is 1. The minimum atomic E-state index is -0.343. The first-order valence-corrected chi connectivity index (χ1v) is 10.2. The second kappa shape index (κ2) is 10.4. The lowest BCUT2D eigenvalue weighted by atomic mass is 10.0. The summed E-state index contributed by atoms with van der Waals surface area (Å²) in [5.74, 6) is 6.60. The summed E-state index contributed by atoms with van der Waals surface area (Å²) in [7, 11) is 2.94. The fourth-order valence-electron chi connectivity index (χ4n) is 3.21. The van der Waals surface area contributed by atoms with Gasteiger partial charge in [0.15, 0.2) is 5.71 Å². The maximum Gasteiger partial charge on any atom is 0.273 e. The molecule has 31 heavy (non-hydrogen) atoms. The molecule has 0 aliphatic heterocycles. The van der Waals surface area contributed by atoms with Crippen LogP contribution in [0, 0.1) is 18.8 Å². The molecule has 160 valence electrons. The number of nitrogens with zero attached hydrogens (tertiary/aromatic N) is 2. The van der Waals surface area contributed by atoms with Crippen LogP contribution in [0.3, 0.4) is 0 Å². The summed E-state index contributed by atoms with van der Waals surface area (Å²) < 4.78 is 0. The predicted octanol–water partition coefficient (Wildman–Crippen LogP) is 3.91. The number of oxime groups is 2. The van der Waals surface area contributed by atoms with E-state index in [1.165, 1.54) is 31.1 Å². The van der Waals surface area contributed by atoms with Gasteiger partial charge in [-0.15, -0.1) is 0 Å². The Kier molecular flexibility index (Phi) is 7.45. The van der Waals surface area contributed by atoms with Crippen molar-refractivity contribution in [3.05, 3.63) is 70.3 Å². The number of hydrogen-bond acceptors (Lipinski definition) is 5. The molecular weight excluding hydrogens is 390 g/mol. The number of carbonyl (C=O) groups is 1. The fraction of sp³-hybridized carbons (Fsp3) is 0.320. The molecule has 0 bridgehead atoms. The van der Waals surface area contributed by atoms with Crippen LogP contribution in [0.25, 0.3) is 0 Å². The minimum absolute atomic E-state index is 0.173. The van der Waals surface area contributed by atoms with Gasteiger partial charge < -0.3 is 15.0 Å².